The number of ether oxygens (including phenoxy) is 1. The maximum Gasteiger partial charge on any atom is 0.247 e. The van der Waals surface area contributed by atoms with Crippen LogP contribution in [0.2, 0.25) is 0 Å². The molecule has 4 rings (SSSR count). The first-order chi connectivity index (χ1) is 14.1. The van der Waals surface area contributed by atoms with Gasteiger partial charge in [0.15, 0.2) is 0 Å². The molecule has 0 saturated carbocycles. The van der Waals surface area contributed by atoms with Crippen LogP contribution < -0.4 is 0 Å². The fourth-order valence-corrected chi connectivity index (χ4v) is 3.96. The van der Waals surface area contributed by atoms with Crippen molar-refractivity contribution in [1.29, 1.82) is 0 Å². The molecular weight excluding hydrogens is 373 g/mol. The van der Waals surface area contributed by atoms with Gasteiger partial charge in [-0.25, -0.2) is 4.39 Å². The molecular formula is C21H30FN5O2. The molecule has 1 aromatic heterocycles. The van der Waals surface area contributed by atoms with E-state index in [0.717, 1.165) is 58.0 Å². The molecule has 7 nitrogen and oxygen atoms in total. The van der Waals surface area contributed by atoms with Crippen LogP contribution in [0.3, 0.4) is 0 Å². The molecule has 0 N–H and O–H groups in total. The first-order valence-corrected chi connectivity index (χ1v) is 10.5. The maximum atomic E-state index is 13.1. The monoisotopic (exact) mass is 403 g/mol. The highest BCUT2D eigenvalue weighted by molar-refractivity contribution is 5.51. The molecule has 2 aliphatic rings. The standard InChI is InChI=1S/C21H30FN5O2/c1-16(2)27-11-12-28-19(14-27)13-25-7-9-26(10-8-25)15-20-23-24-21(29-20)17-3-5-18(22)6-4-17/h3-6,16,19H,7-15H2,1-2H3. The summed E-state index contributed by atoms with van der Waals surface area (Å²) >= 11 is 0. The van der Waals surface area contributed by atoms with Crippen LogP contribution in [-0.2, 0) is 11.3 Å². The molecule has 2 saturated heterocycles. The van der Waals surface area contributed by atoms with Crippen molar-refractivity contribution in [3.63, 3.8) is 0 Å². The summed E-state index contributed by atoms with van der Waals surface area (Å²) in [4.78, 5) is 7.32. The Hall–Kier alpha value is -1.87. The van der Waals surface area contributed by atoms with Crippen LogP contribution in [0.25, 0.3) is 11.5 Å². The molecule has 0 amide bonds. The fourth-order valence-electron chi connectivity index (χ4n) is 3.96. The second kappa shape index (κ2) is 9.30. The minimum Gasteiger partial charge on any atom is -0.419 e. The Kier molecular flexibility index (Phi) is 6.54. The van der Waals surface area contributed by atoms with E-state index in [0.29, 0.717) is 30.5 Å². The van der Waals surface area contributed by atoms with E-state index in [4.69, 9.17) is 9.15 Å². The van der Waals surface area contributed by atoms with Crippen molar-refractivity contribution in [2.24, 2.45) is 0 Å². The van der Waals surface area contributed by atoms with Crippen molar-refractivity contribution in [3.05, 3.63) is 36.0 Å². The summed E-state index contributed by atoms with van der Waals surface area (Å²) in [6.07, 6.45) is 0.298. The Labute approximate surface area is 171 Å². The lowest BCUT2D eigenvalue weighted by Crippen LogP contribution is -2.53. The van der Waals surface area contributed by atoms with Gasteiger partial charge in [0.2, 0.25) is 11.8 Å². The molecule has 3 heterocycles. The van der Waals surface area contributed by atoms with Gasteiger partial charge in [-0.1, -0.05) is 0 Å². The summed E-state index contributed by atoms with van der Waals surface area (Å²) in [5, 5.41) is 8.25. The number of hydrogen-bond donors (Lipinski definition) is 0. The predicted octanol–water partition coefficient (Wildman–Crippen LogP) is 2.10. The quantitative estimate of drug-likeness (QED) is 0.732. The summed E-state index contributed by atoms with van der Waals surface area (Å²) in [6.45, 7) is 13.0. The van der Waals surface area contributed by atoms with Gasteiger partial charge in [-0.15, -0.1) is 10.2 Å². The topological polar surface area (TPSA) is 57.9 Å². The second-order valence-electron chi connectivity index (χ2n) is 8.17. The number of nitrogens with zero attached hydrogens (tertiary/aromatic N) is 5. The zero-order valence-electron chi connectivity index (χ0n) is 17.3. The van der Waals surface area contributed by atoms with Gasteiger partial charge in [-0.05, 0) is 38.1 Å². The van der Waals surface area contributed by atoms with Gasteiger partial charge in [-0.2, -0.15) is 0 Å². The molecule has 0 bridgehead atoms. The number of piperazine rings is 1. The first-order valence-electron chi connectivity index (χ1n) is 10.5. The van der Waals surface area contributed by atoms with E-state index in [9.17, 15) is 4.39 Å². The molecule has 1 atom stereocenters. The number of aromatic nitrogens is 2. The second-order valence-corrected chi connectivity index (χ2v) is 8.17. The van der Waals surface area contributed by atoms with Crippen molar-refractivity contribution in [1.82, 2.24) is 24.9 Å². The first kappa shape index (κ1) is 20.4. The third kappa shape index (κ3) is 5.39. The molecule has 1 aromatic carbocycles. The third-order valence-corrected chi connectivity index (χ3v) is 5.74. The van der Waals surface area contributed by atoms with Crippen molar-refractivity contribution in [2.45, 2.75) is 32.5 Å². The summed E-state index contributed by atoms with van der Waals surface area (Å²) < 4.78 is 24.8. The molecule has 0 spiro atoms. The van der Waals surface area contributed by atoms with Crippen LogP contribution in [0.1, 0.15) is 19.7 Å². The van der Waals surface area contributed by atoms with Crippen LogP contribution in [-0.4, -0.2) is 89.5 Å². The summed E-state index contributed by atoms with van der Waals surface area (Å²) in [7, 11) is 0. The maximum absolute atomic E-state index is 13.1. The molecule has 0 radical (unpaired) electrons. The zero-order chi connectivity index (χ0) is 20.2. The van der Waals surface area contributed by atoms with E-state index < -0.39 is 0 Å². The lowest BCUT2D eigenvalue weighted by Gasteiger charge is -2.40. The Bertz CT molecular complexity index is 774. The molecule has 0 aliphatic carbocycles. The van der Waals surface area contributed by atoms with Crippen molar-refractivity contribution < 1.29 is 13.5 Å². The van der Waals surface area contributed by atoms with Crippen LogP contribution in [0.4, 0.5) is 4.39 Å². The summed E-state index contributed by atoms with van der Waals surface area (Å²) in [5.41, 5.74) is 0.734. The Balaban J connectivity index is 1.24. The van der Waals surface area contributed by atoms with Gasteiger partial charge in [-0.3, -0.25) is 14.7 Å². The van der Waals surface area contributed by atoms with Gasteiger partial charge in [0.1, 0.15) is 5.82 Å². The molecule has 29 heavy (non-hydrogen) atoms. The third-order valence-electron chi connectivity index (χ3n) is 5.74. The smallest absolute Gasteiger partial charge is 0.247 e. The highest BCUT2D eigenvalue weighted by Gasteiger charge is 2.26. The molecule has 158 valence electrons. The number of halogens is 1. The van der Waals surface area contributed by atoms with Crippen molar-refractivity contribution in [3.8, 4) is 11.5 Å². The van der Waals surface area contributed by atoms with Gasteiger partial charge in [0, 0.05) is 57.4 Å². The van der Waals surface area contributed by atoms with Crippen LogP contribution in [0.5, 0.6) is 0 Å². The number of benzene rings is 1. The molecule has 2 aliphatic heterocycles. The minimum absolute atomic E-state index is 0.276. The lowest BCUT2D eigenvalue weighted by atomic mass is 10.2. The van der Waals surface area contributed by atoms with E-state index >= 15 is 0 Å². The Morgan fingerprint density at radius 2 is 1.76 bits per heavy atom. The number of morpholine rings is 1. The van der Waals surface area contributed by atoms with Crippen LogP contribution >= 0.6 is 0 Å². The average Bonchev–Trinajstić information content (AvgIpc) is 3.19. The minimum atomic E-state index is -0.276. The Morgan fingerprint density at radius 1 is 1.03 bits per heavy atom. The van der Waals surface area contributed by atoms with E-state index in [2.05, 4.69) is 38.7 Å². The molecule has 1 unspecified atom stereocenters. The van der Waals surface area contributed by atoms with E-state index in [1.54, 1.807) is 12.1 Å². The number of rotatable bonds is 6. The van der Waals surface area contributed by atoms with Gasteiger partial charge in [0.05, 0.1) is 19.3 Å². The molecule has 8 heteroatoms. The largest absolute Gasteiger partial charge is 0.419 e. The molecule has 2 aromatic rings. The summed E-state index contributed by atoms with van der Waals surface area (Å²) in [6, 6.07) is 6.68. The SMILES string of the molecule is CC(C)N1CCOC(CN2CCN(Cc3nnc(-c4ccc(F)cc4)o3)CC2)C1. The van der Waals surface area contributed by atoms with Crippen LogP contribution in [0.15, 0.2) is 28.7 Å². The molecule has 2 fully saturated rings. The average molecular weight is 404 g/mol. The van der Waals surface area contributed by atoms with Gasteiger partial charge >= 0.3 is 0 Å². The van der Waals surface area contributed by atoms with E-state index in [1.165, 1.54) is 12.1 Å². The van der Waals surface area contributed by atoms with Crippen LogP contribution in [0, 0.1) is 5.82 Å². The fraction of sp³-hybridized carbons (Fsp3) is 0.619. The number of hydrogen-bond acceptors (Lipinski definition) is 7. The van der Waals surface area contributed by atoms with E-state index in [1.807, 2.05) is 0 Å². The normalized spacial score (nSPS) is 22.4. The zero-order valence-corrected chi connectivity index (χ0v) is 17.3. The van der Waals surface area contributed by atoms with Gasteiger partial charge < -0.3 is 9.15 Å². The van der Waals surface area contributed by atoms with Gasteiger partial charge in [0.25, 0.3) is 0 Å². The lowest BCUT2D eigenvalue weighted by molar-refractivity contribution is -0.0567. The van der Waals surface area contributed by atoms with Crippen molar-refractivity contribution >= 4 is 0 Å². The van der Waals surface area contributed by atoms with E-state index in [-0.39, 0.29) is 5.82 Å². The Morgan fingerprint density at radius 3 is 2.48 bits per heavy atom. The highest BCUT2D eigenvalue weighted by Crippen LogP contribution is 2.19. The highest BCUT2D eigenvalue weighted by atomic mass is 19.1. The predicted molar refractivity (Wildman–Crippen MR) is 108 cm³/mol. The summed E-state index contributed by atoms with van der Waals surface area (Å²) in [5.74, 6) is 0.755. The van der Waals surface area contributed by atoms with Crippen molar-refractivity contribution in [2.75, 3.05) is 52.4 Å².